The van der Waals surface area contributed by atoms with Crippen LogP contribution in [-0.4, -0.2) is 34.0 Å². The number of nitro benzene ring substituents is 1. The van der Waals surface area contributed by atoms with Gasteiger partial charge in [-0.25, -0.2) is 4.79 Å². The van der Waals surface area contributed by atoms with Gasteiger partial charge in [0.25, 0.3) is 16.8 Å². The molecule has 0 atom stereocenters. The van der Waals surface area contributed by atoms with Crippen molar-refractivity contribution in [2.24, 2.45) is 0 Å². The Balaban J connectivity index is 1.52. The average molecular weight is 468 g/mol. The second-order valence-electron chi connectivity index (χ2n) is 6.99. The number of nitrogens with zero attached hydrogens (tertiary/aromatic N) is 2. The van der Waals surface area contributed by atoms with E-state index in [9.17, 15) is 24.5 Å². The van der Waals surface area contributed by atoms with Crippen molar-refractivity contribution in [1.82, 2.24) is 4.90 Å². The SMILES string of the molecule is COC(=O)c1ccc(CN2C(=O)S/C(=C/c3ccc(-c4ccc(C)c([N+](=O)[O-])c4)o3)C2=O)o1. The van der Waals surface area contributed by atoms with Gasteiger partial charge in [-0.15, -0.1) is 0 Å². The zero-order valence-electron chi connectivity index (χ0n) is 17.4. The molecule has 0 saturated carbocycles. The van der Waals surface area contributed by atoms with Gasteiger partial charge in [0.2, 0.25) is 5.76 Å². The molecule has 168 valence electrons. The Morgan fingerprint density at radius 2 is 1.97 bits per heavy atom. The third-order valence-corrected chi connectivity index (χ3v) is 5.73. The number of imide groups is 1. The molecule has 1 aliphatic rings. The molecule has 4 rings (SSSR count). The van der Waals surface area contributed by atoms with Crippen LogP contribution < -0.4 is 0 Å². The first kappa shape index (κ1) is 22.1. The molecule has 2 amide bonds. The van der Waals surface area contributed by atoms with Gasteiger partial charge in [0, 0.05) is 23.3 Å². The molecule has 11 heteroatoms. The molecule has 2 aromatic heterocycles. The fourth-order valence-corrected chi connectivity index (χ4v) is 3.96. The van der Waals surface area contributed by atoms with Gasteiger partial charge in [-0.1, -0.05) is 12.1 Å². The Labute approximate surface area is 190 Å². The van der Waals surface area contributed by atoms with Gasteiger partial charge in [0.05, 0.1) is 23.5 Å². The van der Waals surface area contributed by atoms with Crippen LogP contribution in [0.25, 0.3) is 17.4 Å². The van der Waals surface area contributed by atoms with E-state index < -0.39 is 22.0 Å². The van der Waals surface area contributed by atoms with E-state index in [2.05, 4.69) is 4.74 Å². The number of aryl methyl sites for hydroxylation is 1. The largest absolute Gasteiger partial charge is 0.463 e. The first-order valence-electron chi connectivity index (χ1n) is 9.54. The summed E-state index contributed by atoms with van der Waals surface area (Å²) >= 11 is 0.743. The minimum absolute atomic E-state index is 0.0279. The molecule has 0 N–H and O–H groups in total. The number of thioether (sulfide) groups is 1. The van der Waals surface area contributed by atoms with Crippen LogP contribution in [0.5, 0.6) is 0 Å². The van der Waals surface area contributed by atoms with Gasteiger partial charge in [-0.3, -0.25) is 24.6 Å². The van der Waals surface area contributed by atoms with Crippen molar-refractivity contribution in [2.75, 3.05) is 7.11 Å². The van der Waals surface area contributed by atoms with Gasteiger partial charge < -0.3 is 13.6 Å². The number of hydrogen-bond donors (Lipinski definition) is 0. The summed E-state index contributed by atoms with van der Waals surface area (Å²) in [6, 6.07) is 10.9. The minimum atomic E-state index is -0.664. The van der Waals surface area contributed by atoms with Crippen molar-refractivity contribution in [3.8, 4) is 11.3 Å². The number of furan rings is 2. The fraction of sp³-hybridized carbons (Fsp3) is 0.136. The zero-order valence-corrected chi connectivity index (χ0v) is 18.2. The van der Waals surface area contributed by atoms with E-state index in [4.69, 9.17) is 8.83 Å². The summed E-state index contributed by atoms with van der Waals surface area (Å²) < 4.78 is 15.6. The van der Waals surface area contributed by atoms with Gasteiger partial charge in [0.1, 0.15) is 17.3 Å². The predicted octanol–water partition coefficient (Wildman–Crippen LogP) is 4.78. The van der Waals surface area contributed by atoms with E-state index in [1.807, 2.05) is 0 Å². The number of carbonyl (C=O) groups is 3. The maximum absolute atomic E-state index is 12.7. The monoisotopic (exact) mass is 468 g/mol. The highest BCUT2D eigenvalue weighted by Crippen LogP contribution is 2.35. The van der Waals surface area contributed by atoms with Gasteiger partial charge in [-0.2, -0.15) is 0 Å². The molecule has 3 heterocycles. The quantitative estimate of drug-likeness (QED) is 0.217. The number of ether oxygens (including phenoxy) is 1. The second-order valence-corrected chi connectivity index (χ2v) is 7.98. The summed E-state index contributed by atoms with van der Waals surface area (Å²) in [5.74, 6) is -0.290. The number of carbonyl (C=O) groups excluding carboxylic acids is 3. The Bertz CT molecular complexity index is 1320. The van der Waals surface area contributed by atoms with Crippen molar-refractivity contribution < 1.29 is 32.9 Å². The van der Waals surface area contributed by atoms with Crippen molar-refractivity contribution in [3.63, 3.8) is 0 Å². The van der Waals surface area contributed by atoms with Crippen LogP contribution in [0.15, 0.2) is 56.2 Å². The van der Waals surface area contributed by atoms with Crippen LogP contribution in [0.3, 0.4) is 0 Å². The molecule has 1 saturated heterocycles. The van der Waals surface area contributed by atoms with Crippen molar-refractivity contribution in [1.29, 1.82) is 0 Å². The number of hydrogen-bond acceptors (Lipinski definition) is 9. The first-order valence-corrected chi connectivity index (χ1v) is 10.4. The normalized spacial score (nSPS) is 14.8. The fourth-order valence-electron chi connectivity index (χ4n) is 3.14. The van der Waals surface area contributed by atoms with E-state index in [0.717, 1.165) is 16.7 Å². The molecule has 0 aliphatic carbocycles. The number of benzene rings is 1. The maximum Gasteiger partial charge on any atom is 0.373 e. The maximum atomic E-state index is 12.7. The molecule has 1 aliphatic heterocycles. The molecule has 3 aromatic rings. The summed E-state index contributed by atoms with van der Waals surface area (Å²) in [6.07, 6.45) is 1.43. The molecule has 10 nitrogen and oxygen atoms in total. The third-order valence-electron chi connectivity index (χ3n) is 4.83. The van der Waals surface area contributed by atoms with E-state index in [0.29, 0.717) is 22.6 Å². The van der Waals surface area contributed by atoms with E-state index in [-0.39, 0.29) is 28.7 Å². The van der Waals surface area contributed by atoms with Gasteiger partial charge >= 0.3 is 5.97 Å². The third kappa shape index (κ3) is 4.44. The Hall–Kier alpha value is -4.12. The lowest BCUT2D eigenvalue weighted by Crippen LogP contribution is -2.27. The average Bonchev–Trinajstić information content (AvgIpc) is 3.51. The molecule has 0 bridgehead atoms. The Morgan fingerprint density at radius 1 is 1.18 bits per heavy atom. The molecule has 0 spiro atoms. The smallest absolute Gasteiger partial charge is 0.373 e. The Morgan fingerprint density at radius 3 is 2.70 bits per heavy atom. The number of nitro groups is 1. The summed E-state index contributed by atoms with van der Waals surface area (Å²) in [5, 5.41) is 10.7. The topological polar surface area (TPSA) is 133 Å². The van der Waals surface area contributed by atoms with E-state index >= 15 is 0 Å². The van der Waals surface area contributed by atoms with Gasteiger partial charge in [-0.05, 0) is 43.0 Å². The number of methoxy groups -OCH3 is 1. The first-order chi connectivity index (χ1) is 15.8. The highest BCUT2D eigenvalue weighted by Gasteiger charge is 2.36. The lowest BCUT2D eigenvalue weighted by molar-refractivity contribution is -0.385. The lowest BCUT2D eigenvalue weighted by Gasteiger charge is -2.09. The number of rotatable bonds is 6. The van der Waals surface area contributed by atoms with Crippen molar-refractivity contribution >= 4 is 40.6 Å². The van der Waals surface area contributed by atoms with Crippen LogP contribution in [0.2, 0.25) is 0 Å². The Kier molecular flexibility index (Phi) is 5.88. The van der Waals surface area contributed by atoms with Crippen LogP contribution in [0.1, 0.15) is 27.6 Å². The van der Waals surface area contributed by atoms with E-state index in [1.165, 1.54) is 31.4 Å². The standard InChI is InChI=1S/C22H16N2O8S/c1-12-3-4-13(9-16(12)24(28)29)17-7-5-14(31-17)10-19-20(25)23(22(27)33-19)11-15-6-8-18(32-15)21(26)30-2/h3-10H,11H2,1-2H3/b19-10+. The van der Waals surface area contributed by atoms with Crippen LogP contribution in [0.4, 0.5) is 10.5 Å². The molecule has 0 unspecified atom stereocenters. The summed E-state index contributed by atoms with van der Waals surface area (Å²) in [5.41, 5.74) is 1.01. The molecule has 0 radical (unpaired) electrons. The lowest BCUT2D eigenvalue weighted by atomic mass is 10.1. The molecule has 1 fully saturated rings. The summed E-state index contributed by atoms with van der Waals surface area (Å²) in [7, 11) is 1.21. The number of esters is 1. The van der Waals surface area contributed by atoms with E-state index in [1.54, 1.807) is 31.2 Å². The van der Waals surface area contributed by atoms with Crippen molar-refractivity contribution in [3.05, 3.63) is 80.3 Å². The predicted molar refractivity (Wildman–Crippen MR) is 117 cm³/mol. The molecule has 1 aromatic carbocycles. The zero-order chi connectivity index (χ0) is 23.7. The second kappa shape index (κ2) is 8.79. The highest BCUT2D eigenvalue weighted by atomic mass is 32.2. The molecular weight excluding hydrogens is 452 g/mol. The van der Waals surface area contributed by atoms with Crippen LogP contribution >= 0.6 is 11.8 Å². The van der Waals surface area contributed by atoms with Gasteiger partial charge in [0.15, 0.2) is 0 Å². The van der Waals surface area contributed by atoms with Crippen molar-refractivity contribution in [2.45, 2.75) is 13.5 Å². The molecular formula is C22H16N2O8S. The summed E-state index contributed by atoms with van der Waals surface area (Å²) in [6.45, 7) is 1.50. The molecule has 33 heavy (non-hydrogen) atoms. The van der Waals surface area contributed by atoms with Crippen LogP contribution in [0, 0.1) is 17.0 Å². The van der Waals surface area contributed by atoms with Crippen LogP contribution in [-0.2, 0) is 16.1 Å². The highest BCUT2D eigenvalue weighted by molar-refractivity contribution is 8.18. The minimum Gasteiger partial charge on any atom is -0.463 e. The summed E-state index contributed by atoms with van der Waals surface area (Å²) in [4.78, 5) is 48.4. The number of amides is 2.